The highest BCUT2D eigenvalue weighted by molar-refractivity contribution is 6.32. The van der Waals surface area contributed by atoms with Gasteiger partial charge in [-0.2, -0.15) is 0 Å². The number of nitrogens with one attached hydrogen (secondary N) is 1. The zero-order valence-electron chi connectivity index (χ0n) is 13.4. The van der Waals surface area contributed by atoms with Gasteiger partial charge in [0, 0.05) is 18.9 Å². The maximum atomic E-state index is 12.3. The molecular weight excluding hydrogens is 339 g/mol. The number of carbonyl (C=O) groups excluding carboxylic acids is 1. The van der Waals surface area contributed by atoms with Crippen molar-refractivity contribution < 1.29 is 14.3 Å². The Morgan fingerprint density at radius 2 is 2.09 bits per heavy atom. The molecule has 1 aromatic carbocycles. The van der Waals surface area contributed by atoms with Gasteiger partial charge in [-0.25, -0.2) is 0 Å². The van der Waals surface area contributed by atoms with Crippen LogP contribution < -0.4 is 15.8 Å². The first kappa shape index (κ1) is 20.0. The number of benzene rings is 1. The molecule has 1 aliphatic heterocycles. The summed E-state index contributed by atoms with van der Waals surface area (Å²) in [5.74, 6) is 0.825. The van der Waals surface area contributed by atoms with Gasteiger partial charge < -0.3 is 20.5 Å². The molecule has 23 heavy (non-hydrogen) atoms. The fourth-order valence-corrected chi connectivity index (χ4v) is 2.41. The average Bonchev–Trinajstić information content (AvgIpc) is 2.47. The van der Waals surface area contributed by atoms with Crippen molar-refractivity contribution in [3.8, 4) is 5.75 Å². The van der Waals surface area contributed by atoms with Gasteiger partial charge in [-0.05, 0) is 37.0 Å². The first-order valence-electron chi connectivity index (χ1n) is 7.51. The van der Waals surface area contributed by atoms with Crippen molar-refractivity contribution >= 4 is 35.6 Å². The maximum Gasteiger partial charge on any atom is 0.244 e. The van der Waals surface area contributed by atoms with Crippen molar-refractivity contribution in [3.63, 3.8) is 0 Å². The van der Waals surface area contributed by atoms with E-state index in [0.717, 1.165) is 0 Å². The summed E-state index contributed by atoms with van der Waals surface area (Å²) in [6.07, 6.45) is 1.03. The Bertz CT molecular complexity index is 532. The molecule has 3 N–H and O–H groups in total. The monoisotopic (exact) mass is 362 g/mol. The Kier molecular flexibility index (Phi) is 7.61. The summed E-state index contributed by atoms with van der Waals surface area (Å²) >= 11 is 6.19. The van der Waals surface area contributed by atoms with E-state index in [1.54, 1.807) is 18.2 Å². The molecule has 1 saturated heterocycles. The van der Waals surface area contributed by atoms with Gasteiger partial charge in [0.05, 0.1) is 11.6 Å². The predicted molar refractivity (Wildman–Crippen MR) is 94.6 cm³/mol. The number of amides is 1. The van der Waals surface area contributed by atoms with Crippen LogP contribution in [0.3, 0.4) is 0 Å². The lowest BCUT2D eigenvalue weighted by Crippen LogP contribution is -2.54. The van der Waals surface area contributed by atoms with Gasteiger partial charge in [0.25, 0.3) is 0 Å². The third-order valence-corrected chi connectivity index (χ3v) is 3.89. The molecule has 0 spiro atoms. The minimum atomic E-state index is -0.877. The van der Waals surface area contributed by atoms with Crippen LogP contribution in [0, 0.1) is 5.92 Å². The molecule has 1 aromatic rings. The lowest BCUT2D eigenvalue weighted by molar-refractivity contribution is -0.124. The topological polar surface area (TPSA) is 73.6 Å². The molecule has 1 heterocycles. The number of hydrogen-bond donors (Lipinski definition) is 2. The molecule has 0 atom stereocenters. The lowest BCUT2D eigenvalue weighted by Gasteiger charge is -2.31. The molecule has 0 unspecified atom stereocenters. The van der Waals surface area contributed by atoms with E-state index in [0.29, 0.717) is 55.0 Å². The van der Waals surface area contributed by atoms with Crippen molar-refractivity contribution in [3.05, 3.63) is 23.2 Å². The molecule has 0 aliphatic carbocycles. The van der Waals surface area contributed by atoms with Gasteiger partial charge in [-0.1, -0.05) is 25.4 Å². The second-order valence-electron chi connectivity index (χ2n) is 6.07. The SMILES string of the molecule is CC(C)COc1ccc(NC(=O)C2(N)CCOCC2)cc1Cl.Cl. The normalized spacial score (nSPS) is 16.6. The minimum Gasteiger partial charge on any atom is -0.492 e. The maximum absolute atomic E-state index is 12.3. The Morgan fingerprint density at radius 1 is 1.43 bits per heavy atom. The molecule has 0 bridgehead atoms. The van der Waals surface area contributed by atoms with E-state index in [2.05, 4.69) is 19.2 Å². The van der Waals surface area contributed by atoms with Gasteiger partial charge in [-0.3, -0.25) is 4.79 Å². The van der Waals surface area contributed by atoms with Gasteiger partial charge in [0.2, 0.25) is 5.91 Å². The molecule has 1 aliphatic rings. The highest BCUT2D eigenvalue weighted by atomic mass is 35.5. The Hall–Kier alpha value is -1.01. The van der Waals surface area contributed by atoms with Crippen molar-refractivity contribution in [2.75, 3.05) is 25.1 Å². The fraction of sp³-hybridized carbons (Fsp3) is 0.562. The molecule has 0 radical (unpaired) electrons. The van der Waals surface area contributed by atoms with Crippen LogP contribution in [-0.4, -0.2) is 31.3 Å². The van der Waals surface area contributed by atoms with Gasteiger partial charge >= 0.3 is 0 Å². The van der Waals surface area contributed by atoms with E-state index in [1.807, 2.05) is 0 Å². The number of hydrogen-bond acceptors (Lipinski definition) is 4. The van der Waals surface area contributed by atoms with Crippen LogP contribution >= 0.6 is 24.0 Å². The van der Waals surface area contributed by atoms with Gasteiger partial charge in [0.1, 0.15) is 11.3 Å². The third kappa shape index (κ3) is 5.53. The van der Waals surface area contributed by atoms with Crippen LogP contribution in [0.4, 0.5) is 5.69 Å². The number of carbonyl (C=O) groups is 1. The van der Waals surface area contributed by atoms with E-state index in [4.69, 9.17) is 26.8 Å². The Balaban J connectivity index is 0.00000264. The highest BCUT2D eigenvalue weighted by Crippen LogP contribution is 2.29. The molecule has 0 aromatic heterocycles. The van der Waals surface area contributed by atoms with Crippen LogP contribution in [-0.2, 0) is 9.53 Å². The summed E-state index contributed by atoms with van der Waals surface area (Å²) in [4.78, 5) is 12.3. The van der Waals surface area contributed by atoms with E-state index in [-0.39, 0.29) is 18.3 Å². The molecular formula is C16H24Cl2N2O3. The second kappa shape index (κ2) is 8.73. The van der Waals surface area contributed by atoms with Crippen molar-refractivity contribution in [1.29, 1.82) is 0 Å². The highest BCUT2D eigenvalue weighted by Gasteiger charge is 2.35. The van der Waals surface area contributed by atoms with E-state index >= 15 is 0 Å². The van der Waals surface area contributed by atoms with Crippen LogP contribution in [0.2, 0.25) is 5.02 Å². The molecule has 1 amide bonds. The molecule has 130 valence electrons. The first-order valence-corrected chi connectivity index (χ1v) is 7.89. The van der Waals surface area contributed by atoms with Crippen molar-refractivity contribution in [1.82, 2.24) is 0 Å². The molecule has 1 fully saturated rings. The summed E-state index contributed by atoms with van der Waals surface area (Å²) in [7, 11) is 0. The number of nitrogens with two attached hydrogens (primary N) is 1. The van der Waals surface area contributed by atoms with E-state index in [9.17, 15) is 4.79 Å². The Labute approximate surface area is 148 Å². The number of ether oxygens (including phenoxy) is 2. The van der Waals surface area contributed by atoms with E-state index in [1.165, 1.54) is 0 Å². The zero-order valence-corrected chi connectivity index (χ0v) is 15.0. The quantitative estimate of drug-likeness (QED) is 0.842. The zero-order chi connectivity index (χ0) is 16.2. The smallest absolute Gasteiger partial charge is 0.244 e. The number of anilines is 1. The summed E-state index contributed by atoms with van der Waals surface area (Å²) < 4.78 is 10.9. The summed E-state index contributed by atoms with van der Waals surface area (Å²) in [6.45, 7) is 5.74. The first-order chi connectivity index (χ1) is 10.4. The van der Waals surface area contributed by atoms with Crippen LogP contribution in [0.5, 0.6) is 5.75 Å². The standard InChI is InChI=1S/C16H23ClN2O3.ClH/c1-11(2)10-22-14-4-3-12(9-13(14)17)19-15(20)16(18)5-7-21-8-6-16;/h3-4,9,11H,5-8,10,18H2,1-2H3,(H,19,20);1H. The minimum absolute atomic E-state index is 0. The fourth-order valence-electron chi connectivity index (χ4n) is 2.17. The van der Waals surface area contributed by atoms with Crippen molar-refractivity contribution in [2.45, 2.75) is 32.2 Å². The summed E-state index contributed by atoms with van der Waals surface area (Å²) in [6, 6.07) is 5.20. The summed E-state index contributed by atoms with van der Waals surface area (Å²) in [5.41, 5.74) is 5.89. The third-order valence-electron chi connectivity index (χ3n) is 3.60. The van der Waals surface area contributed by atoms with Gasteiger partial charge in [-0.15, -0.1) is 12.4 Å². The number of rotatable bonds is 5. The van der Waals surface area contributed by atoms with Crippen LogP contribution in [0.1, 0.15) is 26.7 Å². The average molecular weight is 363 g/mol. The van der Waals surface area contributed by atoms with E-state index < -0.39 is 5.54 Å². The van der Waals surface area contributed by atoms with Crippen molar-refractivity contribution in [2.24, 2.45) is 11.7 Å². The number of halogens is 2. The molecule has 0 saturated carbocycles. The van der Waals surface area contributed by atoms with Crippen LogP contribution in [0.15, 0.2) is 18.2 Å². The molecule has 2 rings (SSSR count). The van der Waals surface area contributed by atoms with Gasteiger partial charge in [0.15, 0.2) is 0 Å². The predicted octanol–water partition coefficient (Wildman–Crippen LogP) is 3.24. The second-order valence-corrected chi connectivity index (χ2v) is 6.48. The largest absolute Gasteiger partial charge is 0.492 e. The Morgan fingerprint density at radius 3 is 2.65 bits per heavy atom. The lowest BCUT2D eigenvalue weighted by atomic mass is 9.90. The summed E-state index contributed by atoms with van der Waals surface area (Å²) in [5, 5.41) is 3.29. The molecule has 5 nitrogen and oxygen atoms in total. The van der Waals surface area contributed by atoms with Crippen LogP contribution in [0.25, 0.3) is 0 Å². The molecule has 7 heteroatoms.